The van der Waals surface area contributed by atoms with Crippen molar-refractivity contribution in [2.24, 2.45) is 5.73 Å². The molecule has 0 radical (unpaired) electrons. The Morgan fingerprint density at radius 1 is 1.88 bits per heavy atom. The van der Waals surface area contributed by atoms with Gasteiger partial charge in [0.2, 0.25) is 5.91 Å². The number of β-lactam (4-membered cyclic amide) rings is 1. The first-order chi connectivity index (χ1) is 3.75. The molecule has 1 amide bonds. The number of hydrogen-bond donors (Lipinski definition) is 2. The number of thioether (sulfide) groups is 1. The van der Waals surface area contributed by atoms with Gasteiger partial charge in [0.05, 0.1) is 5.37 Å². The zero-order valence-corrected chi connectivity index (χ0v) is 5.37. The smallest absolute Gasteiger partial charge is 0.240 e. The van der Waals surface area contributed by atoms with Crippen LogP contribution in [0.2, 0.25) is 0 Å². The van der Waals surface area contributed by atoms with E-state index >= 15 is 0 Å². The minimum absolute atomic E-state index is 0.0376. The van der Waals surface area contributed by atoms with Gasteiger partial charge >= 0.3 is 0 Å². The first-order valence-corrected chi connectivity index (χ1v) is 3.63. The van der Waals surface area contributed by atoms with Crippen molar-refractivity contribution in [3.63, 3.8) is 0 Å². The van der Waals surface area contributed by atoms with Gasteiger partial charge in [-0.1, -0.05) is 0 Å². The Morgan fingerprint density at radius 3 is 2.62 bits per heavy atom. The molecule has 0 saturated carbocycles. The standard InChI is InChI=1S/C4H8N2OS/c1-8-4-2(5)3(7)6-4/h2,4H,5H2,1H3,(H,6,7)/t2-,4?/m1/s1. The van der Waals surface area contributed by atoms with Crippen molar-refractivity contribution in [2.75, 3.05) is 6.26 Å². The number of nitrogens with two attached hydrogens (primary N) is 1. The highest BCUT2D eigenvalue weighted by Gasteiger charge is 2.34. The Balaban J connectivity index is 2.35. The van der Waals surface area contributed by atoms with Crippen molar-refractivity contribution >= 4 is 17.7 Å². The third-order valence-electron chi connectivity index (χ3n) is 1.17. The van der Waals surface area contributed by atoms with Gasteiger partial charge in [0.15, 0.2) is 0 Å². The predicted octanol–water partition coefficient (Wildman–Crippen LogP) is -0.867. The Labute approximate surface area is 52.0 Å². The molecule has 0 aliphatic carbocycles. The van der Waals surface area contributed by atoms with Gasteiger partial charge in [0.25, 0.3) is 0 Å². The summed E-state index contributed by atoms with van der Waals surface area (Å²) in [5.41, 5.74) is 5.34. The molecule has 0 bridgehead atoms. The summed E-state index contributed by atoms with van der Waals surface area (Å²) in [4.78, 5) is 10.4. The van der Waals surface area contributed by atoms with Crippen LogP contribution in [0, 0.1) is 0 Å². The molecule has 3 N–H and O–H groups in total. The van der Waals surface area contributed by atoms with Crippen LogP contribution in [-0.2, 0) is 4.79 Å². The minimum atomic E-state index is -0.273. The zero-order chi connectivity index (χ0) is 6.15. The molecule has 8 heavy (non-hydrogen) atoms. The topological polar surface area (TPSA) is 55.1 Å². The largest absolute Gasteiger partial charge is 0.341 e. The molecule has 1 saturated heterocycles. The summed E-state index contributed by atoms with van der Waals surface area (Å²) in [6.45, 7) is 0. The fourth-order valence-corrected chi connectivity index (χ4v) is 1.22. The fourth-order valence-electron chi connectivity index (χ4n) is 0.573. The number of nitrogens with one attached hydrogen (secondary N) is 1. The monoisotopic (exact) mass is 132 g/mol. The molecule has 46 valence electrons. The van der Waals surface area contributed by atoms with Crippen LogP contribution in [0.1, 0.15) is 0 Å². The Bertz CT molecular complexity index is 117. The van der Waals surface area contributed by atoms with Crippen molar-refractivity contribution in [3.8, 4) is 0 Å². The SMILES string of the molecule is CSC1NC(=O)[C@H]1N. The van der Waals surface area contributed by atoms with E-state index in [1.807, 2.05) is 6.26 Å². The van der Waals surface area contributed by atoms with Crippen LogP contribution in [0.25, 0.3) is 0 Å². The lowest BCUT2D eigenvalue weighted by Crippen LogP contribution is -2.64. The van der Waals surface area contributed by atoms with Crippen LogP contribution < -0.4 is 11.1 Å². The Morgan fingerprint density at radius 2 is 2.50 bits per heavy atom. The fraction of sp³-hybridized carbons (Fsp3) is 0.750. The van der Waals surface area contributed by atoms with E-state index < -0.39 is 0 Å². The van der Waals surface area contributed by atoms with Crippen LogP contribution in [0.3, 0.4) is 0 Å². The molecule has 2 atom stereocenters. The van der Waals surface area contributed by atoms with Gasteiger partial charge in [0.1, 0.15) is 6.04 Å². The first-order valence-electron chi connectivity index (χ1n) is 2.34. The summed E-state index contributed by atoms with van der Waals surface area (Å²) < 4.78 is 0. The minimum Gasteiger partial charge on any atom is -0.341 e. The third-order valence-corrected chi connectivity index (χ3v) is 2.09. The number of carbonyl (C=O) groups is 1. The van der Waals surface area contributed by atoms with Crippen LogP contribution in [0.4, 0.5) is 0 Å². The van der Waals surface area contributed by atoms with E-state index in [1.165, 1.54) is 0 Å². The molecular weight excluding hydrogens is 124 g/mol. The Hall–Kier alpha value is -0.220. The molecule has 0 aromatic carbocycles. The van der Waals surface area contributed by atoms with Gasteiger partial charge in [-0.3, -0.25) is 4.79 Å². The second-order valence-electron chi connectivity index (χ2n) is 1.69. The highest BCUT2D eigenvalue weighted by Crippen LogP contribution is 2.13. The van der Waals surface area contributed by atoms with E-state index in [4.69, 9.17) is 5.73 Å². The maximum atomic E-state index is 10.4. The number of rotatable bonds is 1. The molecule has 4 heteroatoms. The molecule has 1 fully saturated rings. The number of hydrogen-bond acceptors (Lipinski definition) is 3. The van der Waals surface area contributed by atoms with Crippen LogP contribution in [0.5, 0.6) is 0 Å². The lowest BCUT2D eigenvalue weighted by molar-refractivity contribution is -0.128. The molecule has 1 unspecified atom stereocenters. The summed E-state index contributed by atoms with van der Waals surface area (Å²) >= 11 is 1.57. The average Bonchev–Trinajstić information content (AvgIpc) is 1.81. The van der Waals surface area contributed by atoms with Gasteiger partial charge in [-0.2, -0.15) is 0 Å². The molecule has 0 aromatic rings. The number of carbonyl (C=O) groups excluding carboxylic acids is 1. The first kappa shape index (κ1) is 5.91. The van der Waals surface area contributed by atoms with Gasteiger partial charge in [-0.05, 0) is 6.26 Å². The summed E-state index contributed by atoms with van der Waals surface area (Å²) in [6, 6.07) is -0.273. The maximum Gasteiger partial charge on any atom is 0.240 e. The van der Waals surface area contributed by atoms with Gasteiger partial charge in [-0.15, -0.1) is 11.8 Å². The van der Waals surface area contributed by atoms with Crippen molar-refractivity contribution < 1.29 is 4.79 Å². The van der Waals surface area contributed by atoms with E-state index in [9.17, 15) is 4.79 Å². The molecule has 1 rings (SSSR count). The van der Waals surface area contributed by atoms with Crippen LogP contribution in [0.15, 0.2) is 0 Å². The second-order valence-corrected chi connectivity index (χ2v) is 2.67. The van der Waals surface area contributed by atoms with Crippen molar-refractivity contribution in [3.05, 3.63) is 0 Å². The maximum absolute atomic E-state index is 10.4. The number of amides is 1. The predicted molar refractivity (Wildman–Crippen MR) is 33.4 cm³/mol. The van der Waals surface area contributed by atoms with Crippen LogP contribution >= 0.6 is 11.8 Å². The molecular formula is C4H8N2OS. The quantitative estimate of drug-likeness (QED) is 0.456. The summed E-state index contributed by atoms with van der Waals surface area (Å²) in [5, 5.41) is 2.80. The van der Waals surface area contributed by atoms with Gasteiger partial charge in [0, 0.05) is 0 Å². The normalized spacial score (nSPS) is 36.0. The molecule has 1 heterocycles. The average molecular weight is 132 g/mol. The third kappa shape index (κ3) is 0.695. The van der Waals surface area contributed by atoms with Crippen molar-refractivity contribution in [1.82, 2.24) is 5.32 Å². The van der Waals surface area contributed by atoms with Crippen LogP contribution in [-0.4, -0.2) is 23.6 Å². The van der Waals surface area contributed by atoms with Crippen molar-refractivity contribution in [1.29, 1.82) is 0 Å². The Kier molecular flexibility index (Phi) is 1.44. The molecule has 0 aromatic heterocycles. The van der Waals surface area contributed by atoms with E-state index in [2.05, 4.69) is 5.32 Å². The van der Waals surface area contributed by atoms with Gasteiger partial charge < -0.3 is 11.1 Å². The molecule has 3 nitrogen and oxygen atoms in total. The zero-order valence-electron chi connectivity index (χ0n) is 4.55. The highest BCUT2D eigenvalue weighted by molar-refractivity contribution is 7.99. The van der Waals surface area contributed by atoms with E-state index in [-0.39, 0.29) is 17.3 Å². The van der Waals surface area contributed by atoms with E-state index in [1.54, 1.807) is 11.8 Å². The van der Waals surface area contributed by atoms with E-state index in [0.717, 1.165) is 0 Å². The lowest BCUT2D eigenvalue weighted by Gasteiger charge is -2.31. The van der Waals surface area contributed by atoms with Gasteiger partial charge in [-0.25, -0.2) is 0 Å². The molecule has 1 aliphatic heterocycles. The highest BCUT2D eigenvalue weighted by atomic mass is 32.2. The molecule has 1 aliphatic rings. The lowest BCUT2D eigenvalue weighted by atomic mass is 10.2. The summed E-state index contributed by atoms with van der Waals surface area (Å²) in [6.07, 6.45) is 1.92. The summed E-state index contributed by atoms with van der Waals surface area (Å²) in [7, 11) is 0. The molecule has 0 spiro atoms. The second kappa shape index (κ2) is 1.95. The van der Waals surface area contributed by atoms with E-state index in [0.29, 0.717) is 0 Å². The van der Waals surface area contributed by atoms with Crippen molar-refractivity contribution in [2.45, 2.75) is 11.4 Å². The summed E-state index contributed by atoms with van der Waals surface area (Å²) in [5.74, 6) is -0.0376.